The summed E-state index contributed by atoms with van der Waals surface area (Å²) in [5.74, 6) is 0. The molecule has 1 N–H and O–H groups in total. The zero-order valence-electron chi connectivity index (χ0n) is 6.70. The van der Waals surface area contributed by atoms with Crippen molar-refractivity contribution in [2.75, 3.05) is 5.32 Å². The number of hydrogen-bond acceptors (Lipinski definition) is 2. The van der Waals surface area contributed by atoms with Gasteiger partial charge in [-0.2, -0.15) is 0 Å². The molecule has 1 aromatic carbocycles. The molecule has 0 atom stereocenters. The minimum Gasteiger partial charge on any atom is -0.361 e. The summed E-state index contributed by atoms with van der Waals surface area (Å²) in [5, 5.41) is 3.19. The van der Waals surface area contributed by atoms with Crippen LogP contribution in [0.25, 0.3) is 0 Å². The molecular weight excluding hydrogens is 148 g/mol. The molecule has 2 rings (SSSR count). The van der Waals surface area contributed by atoms with Gasteiger partial charge in [-0.05, 0) is 17.7 Å². The Balaban J connectivity index is 2.40. The number of benzene rings is 1. The highest BCUT2D eigenvalue weighted by molar-refractivity contribution is 5.73. The summed E-state index contributed by atoms with van der Waals surface area (Å²) in [5.41, 5.74) is 2.38. The van der Waals surface area contributed by atoms with E-state index in [4.69, 9.17) is 0 Å². The first kappa shape index (κ1) is 7.10. The fraction of sp³-hybridized carbons (Fsp3) is 0.100. The Hall–Kier alpha value is -1.57. The van der Waals surface area contributed by atoms with Gasteiger partial charge in [-0.15, -0.1) is 0 Å². The van der Waals surface area contributed by atoms with Gasteiger partial charge in [0.15, 0.2) is 0 Å². The van der Waals surface area contributed by atoms with Crippen molar-refractivity contribution in [3.63, 3.8) is 0 Å². The van der Waals surface area contributed by atoms with Gasteiger partial charge in [0.1, 0.15) is 0 Å². The highest BCUT2D eigenvalue weighted by Crippen LogP contribution is 2.16. The standard InChI is InChI=1S/C10H10N2/c1-2-5-10-9(4-1)8-11-6-3-7-12-10/h1-7,12H,8H2/b7-3-,11-6?. The third kappa shape index (κ3) is 1.37. The highest BCUT2D eigenvalue weighted by Gasteiger charge is 1.98. The molecule has 0 saturated carbocycles. The third-order valence-electron chi connectivity index (χ3n) is 1.81. The molecule has 0 saturated heterocycles. The highest BCUT2D eigenvalue weighted by atomic mass is 14.9. The van der Waals surface area contributed by atoms with Crippen molar-refractivity contribution in [1.82, 2.24) is 0 Å². The van der Waals surface area contributed by atoms with Gasteiger partial charge in [0, 0.05) is 18.1 Å². The molecule has 0 fully saturated rings. The number of nitrogens with one attached hydrogen (secondary N) is 1. The van der Waals surface area contributed by atoms with Crippen molar-refractivity contribution in [2.45, 2.75) is 6.54 Å². The van der Waals surface area contributed by atoms with Crippen LogP contribution in [-0.4, -0.2) is 6.21 Å². The topological polar surface area (TPSA) is 24.4 Å². The fourth-order valence-corrected chi connectivity index (χ4v) is 1.19. The molecule has 0 bridgehead atoms. The minimum atomic E-state index is 0.757. The Morgan fingerprint density at radius 2 is 2.17 bits per heavy atom. The maximum absolute atomic E-state index is 4.22. The van der Waals surface area contributed by atoms with Crippen LogP contribution in [0.15, 0.2) is 41.5 Å². The second-order valence-corrected chi connectivity index (χ2v) is 2.65. The quantitative estimate of drug-likeness (QED) is 0.615. The van der Waals surface area contributed by atoms with Crippen molar-refractivity contribution in [1.29, 1.82) is 0 Å². The first-order chi connectivity index (χ1) is 5.97. The summed E-state index contributed by atoms with van der Waals surface area (Å²) in [7, 11) is 0. The maximum atomic E-state index is 4.22. The smallest absolute Gasteiger partial charge is 0.0660 e. The monoisotopic (exact) mass is 158 g/mol. The van der Waals surface area contributed by atoms with Crippen molar-refractivity contribution >= 4 is 11.9 Å². The number of allylic oxidation sites excluding steroid dienone is 1. The molecule has 2 heteroatoms. The van der Waals surface area contributed by atoms with Gasteiger partial charge in [0.2, 0.25) is 0 Å². The lowest BCUT2D eigenvalue weighted by Crippen LogP contribution is -1.95. The van der Waals surface area contributed by atoms with Crippen LogP contribution in [0.1, 0.15) is 5.56 Å². The van der Waals surface area contributed by atoms with Crippen molar-refractivity contribution in [2.24, 2.45) is 4.99 Å². The summed E-state index contributed by atoms with van der Waals surface area (Å²) in [6, 6.07) is 8.19. The van der Waals surface area contributed by atoms with Gasteiger partial charge >= 0.3 is 0 Å². The molecule has 1 aromatic rings. The Morgan fingerprint density at radius 1 is 1.25 bits per heavy atom. The molecule has 0 unspecified atom stereocenters. The summed E-state index contributed by atoms with van der Waals surface area (Å²) in [6.45, 7) is 0.757. The molecule has 2 nitrogen and oxygen atoms in total. The van der Waals surface area contributed by atoms with E-state index < -0.39 is 0 Å². The van der Waals surface area contributed by atoms with Gasteiger partial charge in [-0.3, -0.25) is 4.99 Å². The van der Waals surface area contributed by atoms with E-state index in [1.54, 1.807) is 0 Å². The molecule has 12 heavy (non-hydrogen) atoms. The van der Waals surface area contributed by atoms with Gasteiger partial charge in [0.25, 0.3) is 0 Å². The molecule has 0 aliphatic carbocycles. The summed E-state index contributed by atoms with van der Waals surface area (Å²) in [4.78, 5) is 4.22. The van der Waals surface area contributed by atoms with Crippen LogP contribution in [-0.2, 0) is 6.54 Å². The van der Waals surface area contributed by atoms with E-state index in [-0.39, 0.29) is 0 Å². The molecule has 0 spiro atoms. The predicted octanol–water partition coefficient (Wildman–Crippen LogP) is 2.20. The first-order valence-electron chi connectivity index (χ1n) is 3.96. The number of aliphatic imine (C=N–C) groups is 1. The molecule has 0 amide bonds. The lowest BCUT2D eigenvalue weighted by atomic mass is 10.2. The average molecular weight is 158 g/mol. The lowest BCUT2D eigenvalue weighted by Gasteiger charge is -2.07. The summed E-state index contributed by atoms with van der Waals surface area (Å²) >= 11 is 0. The number of para-hydroxylation sites is 1. The van der Waals surface area contributed by atoms with Gasteiger partial charge < -0.3 is 5.32 Å². The lowest BCUT2D eigenvalue weighted by molar-refractivity contribution is 1.08. The van der Waals surface area contributed by atoms with Crippen molar-refractivity contribution in [3.8, 4) is 0 Å². The van der Waals surface area contributed by atoms with Gasteiger partial charge in [-0.25, -0.2) is 0 Å². The minimum absolute atomic E-state index is 0.757. The second-order valence-electron chi connectivity index (χ2n) is 2.65. The molecule has 0 aromatic heterocycles. The van der Waals surface area contributed by atoms with Crippen LogP contribution < -0.4 is 5.32 Å². The SMILES string of the molecule is C1=NCc2ccccc2N/C=C\1. The first-order valence-corrected chi connectivity index (χ1v) is 3.96. The number of nitrogens with zero attached hydrogens (tertiary/aromatic N) is 1. The molecule has 1 heterocycles. The summed E-state index contributed by atoms with van der Waals surface area (Å²) in [6.07, 6.45) is 5.60. The average Bonchev–Trinajstić information content (AvgIpc) is 2.06. The van der Waals surface area contributed by atoms with Crippen LogP contribution in [0.2, 0.25) is 0 Å². The Bertz CT molecular complexity index is 293. The molecule has 0 radical (unpaired) electrons. The van der Waals surface area contributed by atoms with E-state index in [0.29, 0.717) is 0 Å². The molecular formula is C10H10N2. The molecule has 1 aliphatic heterocycles. The van der Waals surface area contributed by atoms with Crippen LogP contribution in [0.5, 0.6) is 0 Å². The van der Waals surface area contributed by atoms with Crippen molar-refractivity contribution < 1.29 is 0 Å². The largest absolute Gasteiger partial charge is 0.361 e. The molecule has 60 valence electrons. The van der Waals surface area contributed by atoms with E-state index in [1.807, 2.05) is 30.6 Å². The Kier molecular flexibility index (Phi) is 1.90. The van der Waals surface area contributed by atoms with Crippen LogP contribution in [0.4, 0.5) is 5.69 Å². The number of hydrogen-bond donors (Lipinski definition) is 1. The predicted molar refractivity (Wildman–Crippen MR) is 51.4 cm³/mol. The van der Waals surface area contributed by atoms with E-state index >= 15 is 0 Å². The van der Waals surface area contributed by atoms with Crippen LogP contribution >= 0.6 is 0 Å². The number of rotatable bonds is 0. The van der Waals surface area contributed by atoms with E-state index in [2.05, 4.69) is 22.4 Å². The van der Waals surface area contributed by atoms with E-state index in [0.717, 1.165) is 12.2 Å². The van der Waals surface area contributed by atoms with Gasteiger partial charge in [0.05, 0.1) is 6.54 Å². The third-order valence-corrected chi connectivity index (χ3v) is 1.81. The number of fused-ring (bicyclic) bond motifs is 1. The second kappa shape index (κ2) is 3.22. The Morgan fingerprint density at radius 3 is 3.17 bits per heavy atom. The van der Waals surface area contributed by atoms with Crippen LogP contribution in [0, 0.1) is 0 Å². The fourth-order valence-electron chi connectivity index (χ4n) is 1.19. The van der Waals surface area contributed by atoms with Crippen LogP contribution in [0.3, 0.4) is 0 Å². The van der Waals surface area contributed by atoms with E-state index in [1.165, 1.54) is 5.56 Å². The zero-order chi connectivity index (χ0) is 8.23. The zero-order valence-corrected chi connectivity index (χ0v) is 6.70. The van der Waals surface area contributed by atoms with E-state index in [9.17, 15) is 0 Å². The summed E-state index contributed by atoms with van der Waals surface area (Å²) < 4.78 is 0. The van der Waals surface area contributed by atoms with Crippen molar-refractivity contribution in [3.05, 3.63) is 42.1 Å². The number of anilines is 1. The molecule has 1 aliphatic rings. The van der Waals surface area contributed by atoms with Gasteiger partial charge in [-0.1, -0.05) is 18.2 Å². The normalized spacial score (nSPS) is 17.0. The maximum Gasteiger partial charge on any atom is 0.0660 e. The Labute approximate surface area is 71.6 Å².